The second-order valence-corrected chi connectivity index (χ2v) is 7.85. The van der Waals surface area contributed by atoms with Gasteiger partial charge in [0.15, 0.2) is 0 Å². The molecule has 0 saturated carbocycles. The molecule has 0 aliphatic carbocycles. The number of hydrogen-bond acceptors (Lipinski definition) is 8. The number of nitrogens with two attached hydrogens (primary N) is 1. The standard InChI is InChI=1S/C27H22N8/c1-17-12-20(4-3-10-28)13-18(2)25(17)34-26-23(22-15-31-11-9-24(22)30)16-32-27(35-26)33-21-7-5-19(14-29)6-8-21/h3-9,11-13,15-16H,1-2H3,(H2,30,31)(H2,32,33,34,35)/b4-3+. The predicted molar refractivity (Wildman–Crippen MR) is 138 cm³/mol. The first-order chi connectivity index (χ1) is 17.0. The van der Waals surface area contributed by atoms with Crippen molar-refractivity contribution in [3.05, 3.63) is 89.4 Å². The average molecular weight is 459 g/mol. The highest BCUT2D eigenvalue weighted by molar-refractivity contribution is 5.85. The minimum Gasteiger partial charge on any atom is -0.398 e. The van der Waals surface area contributed by atoms with E-state index in [0.29, 0.717) is 34.1 Å². The van der Waals surface area contributed by atoms with Gasteiger partial charge in [0.05, 0.1) is 17.7 Å². The Morgan fingerprint density at radius 3 is 2.34 bits per heavy atom. The first-order valence-corrected chi connectivity index (χ1v) is 10.8. The number of aryl methyl sites for hydroxylation is 2. The maximum absolute atomic E-state index is 9.02. The summed E-state index contributed by atoms with van der Waals surface area (Å²) in [6.45, 7) is 3.99. The molecular formula is C27H22N8. The van der Waals surface area contributed by atoms with Crippen molar-refractivity contribution < 1.29 is 0 Å². The number of aromatic nitrogens is 3. The molecule has 8 heteroatoms. The van der Waals surface area contributed by atoms with Gasteiger partial charge in [-0.15, -0.1) is 0 Å². The van der Waals surface area contributed by atoms with Gasteiger partial charge in [0.25, 0.3) is 0 Å². The maximum atomic E-state index is 9.02. The van der Waals surface area contributed by atoms with Crippen LogP contribution in [-0.4, -0.2) is 15.0 Å². The van der Waals surface area contributed by atoms with E-state index in [-0.39, 0.29) is 0 Å². The summed E-state index contributed by atoms with van der Waals surface area (Å²) in [5.74, 6) is 0.940. The number of nitrogens with zero attached hydrogens (tertiary/aromatic N) is 5. The average Bonchev–Trinajstić information content (AvgIpc) is 2.86. The maximum Gasteiger partial charge on any atom is 0.229 e. The highest BCUT2D eigenvalue weighted by atomic mass is 15.1. The molecule has 8 nitrogen and oxygen atoms in total. The Bertz CT molecular complexity index is 1470. The topological polar surface area (TPSA) is 136 Å². The molecule has 0 bridgehead atoms. The van der Waals surface area contributed by atoms with Crippen molar-refractivity contribution in [2.45, 2.75) is 13.8 Å². The highest BCUT2D eigenvalue weighted by Gasteiger charge is 2.15. The molecule has 0 radical (unpaired) electrons. The van der Waals surface area contributed by atoms with E-state index in [0.717, 1.165) is 28.1 Å². The molecule has 4 N–H and O–H groups in total. The number of allylic oxidation sites excluding steroid dienone is 1. The Kier molecular flexibility index (Phi) is 6.66. The molecule has 170 valence electrons. The summed E-state index contributed by atoms with van der Waals surface area (Å²) in [6.07, 6.45) is 8.24. The molecule has 35 heavy (non-hydrogen) atoms. The van der Waals surface area contributed by atoms with E-state index in [1.165, 1.54) is 6.08 Å². The van der Waals surface area contributed by atoms with Crippen molar-refractivity contribution in [2.75, 3.05) is 16.4 Å². The molecule has 0 amide bonds. The van der Waals surface area contributed by atoms with Gasteiger partial charge in [-0.3, -0.25) is 4.98 Å². The van der Waals surface area contributed by atoms with Crippen LogP contribution in [0.2, 0.25) is 0 Å². The zero-order chi connectivity index (χ0) is 24.8. The number of nitriles is 2. The van der Waals surface area contributed by atoms with Crippen molar-refractivity contribution in [3.8, 4) is 23.3 Å². The third-order valence-electron chi connectivity index (χ3n) is 5.35. The van der Waals surface area contributed by atoms with Crippen LogP contribution in [0.4, 0.5) is 28.8 Å². The SMILES string of the molecule is Cc1cc(/C=C/C#N)cc(C)c1Nc1nc(Nc2ccc(C#N)cc2)ncc1-c1cnccc1N. The summed E-state index contributed by atoms with van der Waals surface area (Å²) in [5.41, 5.74) is 13.3. The number of pyridine rings is 1. The Balaban J connectivity index is 1.76. The van der Waals surface area contributed by atoms with Gasteiger partial charge >= 0.3 is 0 Å². The van der Waals surface area contributed by atoms with E-state index in [1.807, 2.05) is 32.0 Å². The number of rotatable bonds is 6. The molecule has 0 aliphatic heterocycles. The van der Waals surface area contributed by atoms with E-state index < -0.39 is 0 Å². The lowest BCUT2D eigenvalue weighted by molar-refractivity contribution is 1.16. The van der Waals surface area contributed by atoms with Gasteiger partial charge in [-0.25, -0.2) is 4.98 Å². The zero-order valence-corrected chi connectivity index (χ0v) is 19.2. The van der Waals surface area contributed by atoms with Crippen LogP contribution in [-0.2, 0) is 0 Å². The molecule has 2 aromatic carbocycles. The Morgan fingerprint density at radius 1 is 0.943 bits per heavy atom. The normalized spacial score (nSPS) is 10.5. The number of hydrogen-bond donors (Lipinski definition) is 3. The van der Waals surface area contributed by atoms with E-state index in [2.05, 4.69) is 26.7 Å². The molecule has 0 aliphatic rings. The van der Waals surface area contributed by atoms with E-state index in [1.54, 1.807) is 55.0 Å². The fourth-order valence-electron chi connectivity index (χ4n) is 3.66. The summed E-state index contributed by atoms with van der Waals surface area (Å²) >= 11 is 0. The second-order valence-electron chi connectivity index (χ2n) is 7.85. The van der Waals surface area contributed by atoms with Gasteiger partial charge < -0.3 is 16.4 Å². The predicted octanol–water partition coefficient (Wildman–Crippen LogP) is 5.63. The van der Waals surface area contributed by atoms with Crippen LogP contribution in [0.3, 0.4) is 0 Å². The quantitative estimate of drug-likeness (QED) is 0.316. The fraction of sp³-hybridized carbons (Fsp3) is 0.0741. The lowest BCUT2D eigenvalue weighted by Gasteiger charge is -2.17. The Hall–Kier alpha value is -5.21. The largest absolute Gasteiger partial charge is 0.398 e. The monoisotopic (exact) mass is 458 g/mol. The molecule has 4 aromatic rings. The van der Waals surface area contributed by atoms with Gasteiger partial charge in [0.2, 0.25) is 5.95 Å². The zero-order valence-electron chi connectivity index (χ0n) is 19.2. The minimum atomic E-state index is 0.382. The fourth-order valence-corrected chi connectivity index (χ4v) is 3.66. The van der Waals surface area contributed by atoms with E-state index in [9.17, 15) is 0 Å². The summed E-state index contributed by atoms with van der Waals surface area (Å²) in [5, 5.41) is 24.5. The molecule has 0 spiro atoms. The molecular weight excluding hydrogens is 436 g/mol. The number of nitrogens with one attached hydrogen (secondary N) is 2. The Labute approximate surface area is 203 Å². The van der Waals surface area contributed by atoms with Crippen molar-refractivity contribution in [2.24, 2.45) is 0 Å². The molecule has 4 rings (SSSR count). The van der Waals surface area contributed by atoms with E-state index >= 15 is 0 Å². The molecule has 0 atom stereocenters. The van der Waals surface area contributed by atoms with Crippen LogP contribution in [0, 0.1) is 36.5 Å². The molecule has 0 fully saturated rings. The summed E-state index contributed by atoms with van der Waals surface area (Å²) in [4.78, 5) is 13.4. The van der Waals surface area contributed by atoms with Gasteiger partial charge in [-0.05, 0) is 79.1 Å². The van der Waals surface area contributed by atoms with Gasteiger partial charge in [-0.2, -0.15) is 15.5 Å². The summed E-state index contributed by atoms with van der Waals surface area (Å²) < 4.78 is 0. The minimum absolute atomic E-state index is 0.382. The molecule has 0 saturated heterocycles. The second kappa shape index (κ2) is 10.2. The van der Waals surface area contributed by atoms with Crippen molar-refractivity contribution in [1.29, 1.82) is 10.5 Å². The third-order valence-corrected chi connectivity index (χ3v) is 5.35. The van der Waals surface area contributed by atoms with Crippen molar-refractivity contribution in [3.63, 3.8) is 0 Å². The first kappa shape index (κ1) is 23.0. The molecule has 2 heterocycles. The number of anilines is 5. The van der Waals surface area contributed by atoms with Crippen LogP contribution < -0.4 is 16.4 Å². The number of nitrogen functional groups attached to an aromatic ring is 1. The van der Waals surface area contributed by atoms with Crippen LogP contribution in [0.25, 0.3) is 17.2 Å². The van der Waals surface area contributed by atoms with Crippen LogP contribution in [0.1, 0.15) is 22.3 Å². The van der Waals surface area contributed by atoms with Gasteiger partial charge in [0.1, 0.15) is 5.82 Å². The van der Waals surface area contributed by atoms with Crippen molar-refractivity contribution >= 4 is 34.9 Å². The van der Waals surface area contributed by atoms with Crippen LogP contribution in [0.15, 0.2) is 67.1 Å². The summed E-state index contributed by atoms with van der Waals surface area (Å²) in [7, 11) is 0. The first-order valence-electron chi connectivity index (χ1n) is 10.8. The Morgan fingerprint density at radius 2 is 1.69 bits per heavy atom. The third kappa shape index (κ3) is 5.24. The highest BCUT2D eigenvalue weighted by Crippen LogP contribution is 2.34. The molecule has 0 unspecified atom stereocenters. The smallest absolute Gasteiger partial charge is 0.229 e. The number of benzene rings is 2. The van der Waals surface area contributed by atoms with Crippen LogP contribution in [0.5, 0.6) is 0 Å². The van der Waals surface area contributed by atoms with Crippen LogP contribution >= 0.6 is 0 Å². The summed E-state index contributed by atoms with van der Waals surface area (Å²) in [6, 6.07) is 16.9. The van der Waals surface area contributed by atoms with Gasteiger partial charge in [0, 0.05) is 52.9 Å². The van der Waals surface area contributed by atoms with Gasteiger partial charge in [-0.1, -0.05) is 0 Å². The van der Waals surface area contributed by atoms with E-state index in [4.69, 9.17) is 21.2 Å². The lowest BCUT2D eigenvalue weighted by Crippen LogP contribution is -2.06. The lowest BCUT2D eigenvalue weighted by atomic mass is 10.0. The molecule has 2 aromatic heterocycles. The van der Waals surface area contributed by atoms with Crippen molar-refractivity contribution in [1.82, 2.24) is 15.0 Å².